The Bertz CT molecular complexity index is 1590. The van der Waals surface area contributed by atoms with Crippen LogP contribution < -0.4 is 24.4 Å². The van der Waals surface area contributed by atoms with Crippen molar-refractivity contribution in [2.24, 2.45) is 4.99 Å². The molecule has 10 nitrogen and oxygen atoms in total. The fourth-order valence-corrected chi connectivity index (χ4v) is 5.20. The number of carbonyl (C=O) groups is 1. The Morgan fingerprint density at radius 2 is 1.92 bits per heavy atom. The highest BCUT2D eigenvalue weighted by Crippen LogP contribution is 2.36. The molecule has 1 aliphatic rings. The van der Waals surface area contributed by atoms with E-state index in [4.69, 9.17) is 14.2 Å². The summed E-state index contributed by atoms with van der Waals surface area (Å²) in [5, 5.41) is 11.0. The zero-order valence-corrected chi connectivity index (χ0v) is 22.2. The smallest absolute Gasteiger partial charge is 0.338 e. The average molecular weight is 538 g/mol. The summed E-state index contributed by atoms with van der Waals surface area (Å²) in [6.45, 7) is 4.31. The van der Waals surface area contributed by atoms with Crippen molar-refractivity contribution in [3.63, 3.8) is 0 Å². The Hall–Kier alpha value is -4.25. The van der Waals surface area contributed by atoms with Crippen LogP contribution in [0.1, 0.15) is 43.9 Å². The van der Waals surface area contributed by atoms with Gasteiger partial charge in [0.25, 0.3) is 11.2 Å². The van der Waals surface area contributed by atoms with E-state index < -0.39 is 16.9 Å². The van der Waals surface area contributed by atoms with Crippen molar-refractivity contribution in [3.05, 3.63) is 94.7 Å². The number of nitro groups is 1. The van der Waals surface area contributed by atoms with Crippen molar-refractivity contribution in [2.45, 2.75) is 32.7 Å². The molecule has 3 aromatic rings. The van der Waals surface area contributed by atoms with Gasteiger partial charge < -0.3 is 14.2 Å². The predicted molar refractivity (Wildman–Crippen MR) is 142 cm³/mol. The Morgan fingerprint density at radius 3 is 2.55 bits per heavy atom. The second-order valence-electron chi connectivity index (χ2n) is 8.53. The number of hydrogen-bond donors (Lipinski definition) is 0. The molecule has 0 radical (unpaired) electrons. The lowest BCUT2D eigenvalue weighted by Crippen LogP contribution is -2.39. The predicted octanol–water partition coefficient (Wildman–Crippen LogP) is 3.50. The van der Waals surface area contributed by atoms with Gasteiger partial charge in [-0.05, 0) is 54.8 Å². The van der Waals surface area contributed by atoms with Crippen molar-refractivity contribution < 1.29 is 23.9 Å². The molecule has 1 unspecified atom stereocenters. The number of nitrogens with zero attached hydrogens (tertiary/aromatic N) is 3. The van der Waals surface area contributed by atoms with Gasteiger partial charge in [-0.2, -0.15) is 0 Å². The van der Waals surface area contributed by atoms with Gasteiger partial charge in [0.15, 0.2) is 16.3 Å². The molecule has 0 saturated heterocycles. The van der Waals surface area contributed by atoms with Gasteiger partial charge >= 0.3 is 5.97 Å². The molecule has 0 saturated carbocycles. The van der Waals surface area contributed by atoms with Crippen LogP contribution in [0.15, 0.2) is 63.5 Å². The molecule has 1 atom stereocenters. The number of rotatable bonds is 9. The minimum atomic E-state index is -0.809. The van der Waals surface area contributed by atoms with Gasteiger partial charge in [-0.25, -0.2) is 9.79 Å². The van der Waals surface area contributed by atoms with Gasteiger partial charge in [0.2, 0.25) is 0 Å². The summed E-state index contributed by atoms with van der Waals surface area (Å²) < 4.78 is 18.3. The first-order valence-electron chi connectivity index (χ1n) is 11.9. The molecule has 2 aromatic carbocycles. The fraction of sp³-hybridized carbons (Fsp3) is 0.296. The van der Waals surface area contributed by atoms with Gasteiger partial charge in [-0.3, -0.25) is 19.5 Å². The largest absolute Gasteiger partial charge is 0.493 e. The highest BCUT2D eigenvalue weighted by molar-refractivity contribution is 7.07. The first-order valence-corrected chi connectivity index (χ1v) is 12.8. The molecule has 38 heavy (non-hydrogen) atoms. The second-order valence-corrected chi connectivity index (χ2v) is 9.54. The first-order chi connectivity index (χ1) is 18.3. The Morgan fingerprint density at radius 1 is 1.18 bits per heavy atom. The number of non-ortho nitro benzene ring substituents is 1. The topological polar surface area (TPSA) is 122 Å². The number of benzene rings is 2. The van der Waals surface area contributed by atoms with Crippen LogP contribution in [0.4, 0.5) is 5.69 Å². The molecular weight excluding hydrogens is 510 g/mol. The van der Waals surface area contributed by atoms with E-state index in [-0.39, 0.29) is 16.8 Å². The molecule has 198 valence electrons. The van der Waals surface area contributed by atoms with E-state index in [0.29, 0.717) is 44.3 Å². The van der Waals surface area contributed by atoms with E-state index in [2.05, 4.69) is 11.9 Å². The first kappa shape index (κ1) is 26.8. The molecule has 0 bridgehead atoms. The van der Waals surface area contributed by atoms with Gasteiger partial charge in [0.05, 0.1) is 47.6 Å². The van der Waals surface area contributed by atoms with Crippen LogP contribution in [0, 0.1) is 10.1 Å². The van der Waals surface area contributed by atoms with Gasteiger partial charge in [-0.15, -0.1) is 0 Å². The number of fused-ring (bicyclic) bond motifs is 1. The zero-order chi connectivity index (χ0) is 27.4. The number of nitro benzene ring substituents is 1. The number of methoxy groups -OCH3 is 2. The number of carbonyl (C=O) groups excluding carboxylic acids is 1. The van der Waals surface area contributed by atoms with Gasteiger partial charge in [0, 0.05) is 12.1 Å². The van der Waals surface area contributed by atoms with Crippen LogP contribution in [-0.2, 0) is 9.53 Å². The maximum atomic E-state index is 13.7. The van der Waals surface area contributed by atoms with Crippen LogP contribution >= 0.6 is 11.3 Å². The lowest BCUT2D eigenvalue weighted by molar-refractivity contribution is -0.384. The van der Waals surface area contributed by atoms with Crippen LogP contribution in [0.3, 0.4) is 0 Å². The molecule has 0 spiro atoms. The molecule has 11 heteroatoms. The number of thiazole rings is 1. The summed E-state index contributed by atoms with van der Waals surface area (Å²) in [4.78, 5) is 42.0. The molecule has 0 N–H and O–H groups in total. The standard InChI is InChI=1S/C27H27N3O7S/c1-5-6-13-37-20-12-9-18(15-21(20)35-3)24-23(26(32)36-4)16(2)28-27-29(24)25(31)22(38-27)14-17-7-10-19(11-8-17)30(33)34/h7-12,14-15,24H,5-6,13H2,1-4H3/b22-14-. The summed E-state index contributed by atoms with van der Waals surface area (Å²) >= 11 is 1.17. The number of allylic oxidation sites excluding steroid dienone is 1. The van der Waals surface area contributed by atoms with Gasteiger partial charge in [0.1, 0.15) is 0 Å². The van der Waals surface area contributed by atoms with Crippen molar-refractivity contribution in [3.8, 4) is 11.5 Å². The quantitative estimate of drug-likeness (QED) is 0.177. The third-order valence-corrected chi connectivity index (χ3v) is 7.07. The number of ether oxygens (including phenoxy) is 3. The van der Waals surface area contributed by atoms with E-state index in [9.17, 15) is 19.7 Å². The van der Waals surface area contributed by atoms with E-state index in [1.165, 1.54) is 42.3 Å². The molecule has 0 aliphatic carbocycles. The molecule has 1 aliphatic heterocycles. The lowest BCUT2D eigenvalue weighted by atomic mass is 9.95. The molecule has 2 heterocycles. The monoisotopic (exact) mass is 537 g/mol. The third kappa shape index (κ3) is 5.23. The molecule has 4 rings (SSSR count). The molecule has 0 fully saturated rings. The molecular formula is C27H27N3O7S. The third-order valence-electron chi connectivity index (χ3n) is 6.09. The average Bonchev–Trinajstić information content (AvgIpc) is 3.22. The Balaban J connectivity index is 1.87. The fourth-order valence-electron chi connectivity index (χ4n) is 4.15. The molecule has 0 amide bonds. The van der Waals surface area contributed by atoms with Crippen molar-refractivity contribution in [1.29, 1.82) is 0 Å². The molecule has 1 aromatic heterocycles. The van der Waals surface area contributed by atoms with E-state index in [1.807, 2.05) is 0 Å². The lowest BCUT2D eigenvalue weighted by Gasteiger charge is -2.25. The Labute approximate surface area is 222 Å². The van der Waals surface area contributed by atoms with E-state index in [1.54, 1.807) is 43.3 Å². The maximum absolute atomic E-state index is 13.7. The minimum absolute atomic E-state index is 0.0435. The summed E-state index contributed by atoms with van der Waals surface area (Å²) in [5.74, 6) is 0.448. The van der Waals surface area contributed by atoms with Crippen LogP contribution in [0.5, 0.6) is 11.5 Å². The summed E-state index contributed by atoms with van der Waals surface area (Å²) in [5.41, 5.74) is 1.53. The SMILES string of the molecule is CCCCOc1ccc(C2C(C(=O)OC)=C(C)N=c3s/c(=C\c4ccc([N+](=O)[O-])cc4)c(=O)n32)cc1OC. The highest BCUT2D eigenvalue weighted by Gasteiger charge is 2.33. The minimum Gasteiger partial charge on any atom is -0.493 e. The summed E-state index contributed by atoms with van der Waals surface area (Å²) in [6.07, 6.45) is 3.53. The number of hydrogen-bond acceptors (Lipinski definition) is 9. The van der Waals surface area contributed by atoms with Crippen molar-refractivity contribution in [1.82, 2.24) is 4.57 Å². The van der Waals surface area contributed by atoms with Crippen LogP contribution in [0.2, 0.25) is 0 Å². The van der Waals surface area contributed by atoms with E-state index in [0.717, 1.165) is 12.8 Å². The van der Waals surface area contributed by atoms with E-state index >= 15 is 0 Å². The van der Waals surface area contributed by atoms with Gasteiger partial charge in [-0.1, -0.05) is 30.7 Å². The highest BCUT2D eigenvalue weighted by atomic mass is 32.1. The second kappa shape index (κ2) is 11.4. The number of unbranched alkanes of at least 4 members (excludes halogenated alkanes) is 1. The maximum Gasteiger partial charge on any atom is 0.338 e. The Kier molecular flexibility index (Phi) is 8.06. The normalized spacial score (nSPS) is 15.1. The van der Waals surface area contributed by atoms with Crippen molar-refractivity contribution in [2.75, 3.05) is 20.8 Å². The summed E-state index contributed by atoms with van der Waals surface area (Å²) in [7, 11) is 2.81. The van der Waals surface area contributed by atoms with Crippen LogP contribution in [-0.4, -0.2) is 36.3 Å². The number of esters is 1. The number of aromatic nitrogens is 1. The zero-order valence-electron chi connectivity index (χ0n) is 21.4. The summed E-state index contributed by atoms with van der Waals surface area (Å²) in [6, 6.07) is 10.4. The van der Waals surface area contributed by atoms with Crippen LogP contribution in [0.25, 0.3) is 6.08 Å². The van der Waals surface area contributed by atoms with Crippen molar-refractivity contribution >= 4 is 29.1 Å².